The molecule has 1 heterocycles. The summed E-state index contributed by atoms with van der Waals surface area (Å²) in [6, 6.07) is 6.16. The zero-order valence-corrected chi connectivity index (χ0v) is 11.2. The van der Waals surface area contributed by atoms with E-state index < -0.39 is 0 Å². The van der Waals surface area contributed by atoms with Gasteiger partial charge in [-0.25, -0.2) is 0 Å². The molecule has 0 radical (unpaired) electrons. The Kier molecular flexibility index (Phi) is 3.79. The molecular weight excluding hydrogens is 234 g/mol. The van der Waals surface area contributed by atoms with Gasteiger partial charge in [0.1, 0.15) is 0 Å². The third kappa shape index (κ3) is 2.67. The minimum atomic E-state index is 0.435. The topological polar surface area (TPSA) is 32.5 Å². The van der Waals surface area contributed by atoms with Gasteiger partial charge in [-0.15, -0.1) is 0 Å². The van der Waals surface area contributed by atoms with E-state index in [9.17, 15) is 0 Å². The Morgan fingerprint density at radius 2 is 2.12 bits per heavy atom. The van der Waals surface area contributed by atoms with Crippen molar-refractivity contribution in [2.45, 2.75) is 19.4 Å². The molecular formula is C13H20ClN3. The summed E-state index contributed by atoms with van der Waals surface area (Å²) in [5, 5.41) is 0.751. The van der Waals surface area contributed by atoms with E-state index in [-0.39, 0.29) is 0 Å². The van der Waals surface area contributed by atoms with Crippen LogP contribution in [0, 0.1) is 0 Å². The third-order valence-electron chi connectivity index (χ3n) is 3.35. The van der Waals surface area contributed by atoms with Crippen LogP contribution in [0.4, 0.5) is 11.4 Å². The lowest BCUT2D eigenvalue weighted by Gasteiger charge is -2.31. The fourth-order valence-electron chi connectivity index (χ4n) is 2.54. The second kappa shape index (κ2) is 5.15. The minimum absolute atomic E-state index is 0.435. The van der Waals surface area contributed by atoms with Crippen LogP contribution in [-0.2, 0) is 0 Å². The third-order valence-corrected chi connectivity index (χ3v) is 3.66. The van der Waals surface area contributed by atoms with Gasteiger partial charge in [-0.2, -0.15) is 0 Å². The van der Waals surface area contributed by atoms with E-state index in [1.54, 1.807) is 0 Å². The second-order valence-corrected chi connectivity index (χ2v) is 5.24. The molecule has 94 valence electrons. The number of hydrogen-bond acceptors (Lipinski definition) is 3. The molecule has 1 saturated heterocycles. The van der Waals surface area contributed by atoms with Gasteiger partial charge in [-0.3, -0.25) is 0 Å². The first kappa shape index (κ1) is 12.5. The van der Waals surface area contributed by atoms with Crippen molar-refractivity contribution in [2.75, 3.05) is 37.3 Å². The van der Waals surface area contributed by atoms with Crippen LogP contribution in [0.15, 0.2) is 18.2 Å². The highest BCUT2D eigenvalue weighted by Crippen LogP contribution is 2.33. The number of nitrogen functional groups attached to an aromatic ring is 1. The standard InChI is InChI=1S/C13H20ClN3/c1-10-9-16(2)7-4-8-17(10)13-11(14)5-3-6-12(13)15/h3,5-6,10H,4,7-9,15H2,1-2H3. The fraction of sp³-hybridized carbons (Fsp3) is 0.538. The van der Waals surface area contributed by atoms with Gasteiger partial charge in [0.15, 0.2) is 0 Å². The van der Waals surface area contributed by atoms with E-state index in [2.05, 4.69) is 23.8 Å². The van der Waals surface area contributed by atoms with Gasteiger partial charge in [0.2, 0.25) is 0 Å². The summed E-state index contributed by atoms with van der Waals surface area (Å²) in [5.74, 6) is 0. The number of likely N-dealkylation sites (N-methyl/N-ethyl adjacent to an activating group) is 1. The Balaban J connectivity index is 2.31. The Bertz CT molecular complexity index is 374. The quantitative estimate of drug-likeness (QED) is 0.781. The molecule has 1 aromatic carbocycles. The Morgan fingerprint density at radius 1 is 1.35 bits per heavy atom. The maximum absolute atomic E-state index is 6.28. The summed E-state index contributed by atoms with van der Waals surface area (Å²) < 4.78 is 0. The van der Waals surface area contributed by atoms with Crippen molar-refractivity contribution >= 4 is 23.0 Å². The summed E-state index contributed by atoms with van der Waals surface area (Å²) in [6.07, 6.45) is 1.14. The highest BCUT2D eigenvalue weighted by molar-refractivity contribution is 6.34. The minimum Gasteiger partial charge on any atom is -0.397 e. The van der Waals surface area contributed by atoms with E-state index in [1.807, 2.05) is 18.2 Å². The van der Waals surface area contributed by atoms with Crippen molar-refractivity contribution in [1.82, 2.24) is 4.90 Å². The average molecular weight is 254 g/mol. The van der Waals surface area contributed by atoms with Gasteiger partial charge in [-0.05, 0) is 39.1 Å². The van der Waals surface area contributed by atoms with Crippen molar-refractivity contribution in [3.8, 4) is 0 Å². The first-order valence-corrected chi connectivity index (χ1v) is 6.46. The lowest BCUT2D eigenvalue weighted by molar-refractivity contribution is 0.337. The van der Waals surface area contributed by atoms with Crippen molar-refractivity contribution in [3.05, 3.63) is 23.2 Å². The number of nitrogens with zero attached hydrogens (tertiary/aromatic N) is 2. The molecule has 2 N–H and O–H groups in total. The van der Waals surface area contributed by atoms with Crippen LogP contribution < -0.4 is 10.6 Å². The predicted molar refractivity (Wildman–Crippen MR) is 74.8 cm³/mol. The molecule has 1 fully saturated rings. The molecule has 4 heteroatoms. The highest BCUT2D eigenvalue weighted by atomic mass is 35.5. The molecule has 1 atom stereocenters. The van der Waals surface area contributed by atoms with E-state index >= 15 is 0 Å². The molecule has 3 nitrogen and oxygen atoms in total. The van der Waals surface area contributed by atoms with Crippen molar-refractivity contribution in [3.63, 3.8) is 0 Å². The maximum Gasteiger partial charge on any atom is 0.0792 e. The van der Waals surface area contributed by atoms with Gasteiger partial charge in [0.25, 0.3) is 0 Å². The molecule has 1 aliphatic heterocycles. The van der Waals surface area contributed by atoms with Crippen molar-refractivity contribution in [2.24, 2.45) is 0 Å². The zero-order chi connectivity index (χ0) is 12.4. The Hall–Kier alpha value is -0.930. The molecule has 0 spiro atoms. The van der Waals surface area contributed by atoms with E-state index in [0.29, 0.717) is 6.04 Å². The Labute approximate surface area is 108 Å². The lowest BCUT2D eigenvalue weighted by atomic mass is 10.2. The van der Waals surface area contributed by atoms with Crippen LogP contribution in [0.3, 0.4) is 0 Å². The number of anilines is 2. The summed E-state index contributed by atoms with van der Waals surface area (Å²) in [5.41, 5.74) is 7.83. The first-order chi connectivity index (χ1) is 8.09. The SMILES string of the molecule is CC1CN(C)CCCN1c1c(N)cccc1Cl. The smallest absolute Gasteiger partial charge is 0.0792 e. The van der Waals surface area contributed by atoms with Crippen LogP contribution >= 0.6 is 11.6 Å². The molecule has 0 aromatic heterocycles. The normalized spacial score (nSPS) is 22.5. The van der Waals surface area contributed by atoms with Crippen LogP contribution in [0.5, 0.6) is 0 Å². The van der Waals surface area contributed by atoms with Gasteiger partial charge in [0.05, 0.1) is 16.4 Å². The van der Waals surface area contributed by atoms with E-state index in [1.165, 1.54) is 0 Å². The summed E-state index contributed by atoms with van der Waals surface area (Å²) in [7, 11) is 2.16. The second-order valence-electron chi connectivity index (χ2n) is 4.84. The molecule has 0 amide bonds. The van der Waals surface area contributed by atoms with Crippen LogP contribution in [-0.4, -0.2) is 37.6 Å². The van der Waals surface area contributed by atoms with Crippen LogP contribution in [0.25, 0.3) is 0 Å². The fourth-order valence-corrected chi connectivity index (χ4v) is 2.83. The molecule has 0 bridgehead atoms. The monoisotopic (exact) mass is 253 g/mol. The first-order valence-electron chi connectivity index (χ1n) is 6.08. The number of para-hydroxylation sites is 1. The molecule has 0 aliphatic carbocycles. The number of halogens is 1. The van der Waals surface area contributed by atoms with E-state index in [0.717, 1.165) is 42.5 Å². The molecule has 0 saturated carbocycles. The largest absolute Gasteiger partial charge is 0.397 e. The lowest BCUT2D eigenvalue weighted by Crippen LogP contribution is -2.38. The van der Waals surface area contributed by atoms with Gasteiger partial charge >= 0.3 is 0 Å². The zero-order valence-electron chi connectivity index (χ0n) is 10.5. The van der Waals surface area contributed by atoms with Gasteiger partial charge < -0.3 is 15.5 Å². The molecule has 1 aromatic rings. The number of benzene rings is 1. The van der Waals surface area contributed by atoms with Crippen molar-refractivity contribution < 1.29 is 0 Å². The molecule has 2 rings (SSSR count). The number of hydrogen-bond donors (Lipinski definition) is 1. The maximum atomic E-state index is 6.28. The van der Waals surface area contributed by atoms with Crippen LogP contribution in [0.2, 0.25) is 5.02 Å². The summed E-state index contributed by atoms with van der Waals surface area (Å²) in [6.45, 7) is 5.42. The summed E-state index contributed by atoms with van der Waals surface area (Å²) in [4.78, 5) is 4.69. The van der Waals surface area contributed by atoms with Crippen molar-refractivity contribution in [1.29, 1.82) is 0 Å². The summed E-state index contributed by atoms with van der Waals surface area (Å²) >= 11 is 6.28. The molecule has 1 aliphatic rings. The average Bonchev–Trinajstić information content (AvgIpc) is 2.40. The highest BCUT2D eigenvalue weighted by Gasteiger charge is 2.22. The molecule has 1 unspecified atom stereocenters. The van der Waals surface area contributed by atoms with E-state index in [4.69, 9.17) is 17.3 Å². The number of rotatable bonds is 1. The number of nitrogens with two attached hydrogens (primary N) is 1. The predicted octanol–water partition coefficient (Wildman–Crippen LogP) is 2.45. The van der Waals surface area contributed by atoms with Crippen LogP contribution in [0.1, 0.15) is 13.3 Å². The Morgan fingerprint density at radius 3 is 2.82 bits per heavy atom. The van der Waals surface area contributed by atoms with Gasteiger partial charge in [0, 0.05) is 19.1 Å². The molecule has 17 heavy (non-hydrogen) atoms. The van der Waals surface area contributed by atoms with Gasteiger partial charge in [-0.1, -0.05) is 17.7 Å².